The first-order valence-electron chi connectivity index (χ1n) is 4.35. The molecule has 0 atom stereocenters. The Morgan fingerprint density at radius 2 is 2.00 bits per heavy atom. The molecule has 0 saturated heterocycles. The molecule has 2 rings (SSSR count). The molecule has 0 bridgehead atoms. The molecule has 0 saturated carbocycles. The molecule has 0 spiro atoms. The molecule has 1 aromatic rings. The van der Waals surface area contributed by atoms with Crippen molar-refractivity contribution in [1.29, 1.82) is 0 Å². The van der Waals surface area contributed by atoms with Crippen LogP contribution < -0.4 is 9.62 Å². The van der Waals surface area contributed by atoms with Crippen LogP contribution in [0.5, 0.6) is 0 Å². The fourth-order valence-corrected chi connectivity index (χ4v) is 2.32. The quantitative estimate of drug-likeness (QED) is 0.741. The molecule has 1 aromatic carbocycles. The van der Waals surface area contributed by atoms with Gasteiger partial charge in [-0.2, -0.15) is 0 Å². The summed E-state index contributed by atoms with van der Waals surface area (Å²) in [5.41, 5.74) is 0.818. The Morgan fingerprint density at radius 3 is 2.67 bits per heavy atom. The number of fused-ring (bicyclic) bond motifs is 1. The molecule has 1 heterocycles. The van der Waals surface area contributed by atoms with Gasteiger partial charge in [-0.15, -0.1) is 0 Å². The van der Waals surface area contributed by atoms with Gasteiger partial charge in [0.15, 0.2) is 0 Å². The van der Waals surface area contributed by atoms with Crippen molar-refractivity contribution < 1.29 is 13.2 Å². The van der Waals surface area contributed by atoms with Gasteiger partial charge in [0.25, 0.3) is 5.91 Å². The predicted octanol–water partition coefficient (Wildman–Crippen LogP) is 0.154. The zero-order valence-corrected chi connectivity index (χ0v) is 8.91. The summed E-state index contributed by atoms with van der Waals surface area (Å²) in [7, 11) is -3.34. The van der Waals surface area contributed by atoms with Gasteiger partial charge in [-0.05, 0) is 12.1 Å². The lowest BCUT2D eigenvalue weighted by Crippen LogP contribution is -2.45. The second kappa shape index (κ2) is 3.23. The Hall–Kier alpha value is -1.56. The van der Waals surface area contributed by atoms with E-state index in [1.807, 2.05) is 0 Å². The van der Waals surface area contributed by atoms with Gasteiger partial charge in [-0.25, -0.2) is 8.42 Å². The van der Waals surface area contributed by atoms with Crippen molar-refractivity contribution in [3.05, 3.63) is 29.8 Å². The molecule has 15 heavy (non-hydrogen) atoms. The zero-order chi connectivity index (χ0) is 11.1. The SMILES string of the molecule is CS(=O)(=O)N1CNC(=O)c2ccccc21. The van der Waals surface area contributed by atoms with Crippen molar-refractivity contribution in [2.75, 3.05) is 17.2 Å². The number of nitrogens with one attached hydrogen (secondary N) is 1. The Labute approximate surface area is 87.8 Å². The van der Waals surface area contributed by atoms with Crippen molar-refractivity contribution in [2.45, 2.75) is 0 Å². The third kappa shape index (κ3) is 1.68. The molecule has 0 radical (unpaired) electrons. The molecular formula is C9H10N2O3S. The van der Waals surface area contributed by atoms with Crippen LogP contribution in [0.1, 0.15) is 10.4 Å². The minimum absolute atomic E-state index is 0.00528. The highest BCUT2D eigenvalue weighted by Crippen LogP contribution is 2.24. The van der Waals surface area contributed by atoms with Crippen molar-refractivity contribution >= 4 is 21.6 Å². The number of sulfonamides is 1. The molecule has 0 aromatic heterocycles. The Kier molecular flexibility index (Phi) is 2.15. The number of rotatable bonds is 1. The van der Waals surface area contributed by atoms with E-state index in [-0.39, 0.29) is 12.6 Å². The first kappa shape index (κ1) is 9.97. The van der Waals surface area contributed by atoms with Crippen LogP contribution in [-0.2, 0) is 10.0 Å². The molecule has 0 fully saturated rings. The normalized spacial score (nSPS) is 15.8. The average molecular weight is 226 g/mol. The standard InChI is InChI=1S/C9H10N2O3S/c1-15(13,14)11-6-10-9(12)7-4-2-3-5-8(7)11/h2-5H,6H2,1H3,(H,10,12). The van der Waals surface area contributed by atoms with Crippen LogP contribution in [0.25, 0.3) is 0 Å². The Balaban J connectivity index is 2.59. The lowest BCUT2D eigenvalue weighted by atomic mass is 10.1. The summed E-state index contributed by atoms with van der Waals surface area (Å²) in [6.07, 6.45) is 1.11. The highest BCUT2D eigenvalue weighted by Gasteiger charge is 2.27. The van der Waals surface area contributed by atoms with Gasteiger partial charge in [0, 0.05) is 0 Å². The predicted molar refractivity (Wildman–Crippen MR) is 56.1 cm³/mol. The van der Waals surface area contributed by atoms with Gasteiger partial charge < -0.3 is 5.32 Å². The van der Waals surface area contributed by atoms with Crippen LogP contribution in [0, 0.1) is 0 Å². The first-order chi connectivity index (χ1) is 7.00. The number of amides is 1. The minimum Gasteiger partial charge on any atom is -0.333 e. The van der Waals surface area contributed by atoms with Crippen LogP contribution >= 0.6 is 0 Å². The van der Waals surface area contributed by atoms with Crippen molar-refractivity contribution in [2.24, 2.45) is 0 Å². The number of nitrogens with zero attached hydrogens (tertiary/aromatic N) is 1. The number of carbonyl (C=O) groups is 1. The maximum atomic E-state index is 11.4. The minimum atomic E-state index is -3.34. The molecule has 6 heteroatoms. The van der Waals surface area contributed by atoms with E-state index in [0.717, 1.165) is 6.26 Å². The number of para-hydroxylation sites is 1. The van der Waals surface area contributed by atoms with Gasteiger partial charge >= 0.3 is 0 Å². The van der Waals surface area contributed by atoms with Gasteiger partial charge in [0.2, 0.25) is 10.0 Å². The second-order valence-electron chi connectivity index (χ2n) is 3.29. The van der Waals surface area contributed by atoms with E-state index < -0.39 is 10.0 Å². The summed E-state index contributed by atoms with van der Waals surface area (Å²) < 4.78 is 24.0. The molecule has 1 amide bonds. The van der Waals surface area contributed by atoms with Crippen molar-refractivity contribution in [1.82, 2.24) is 5.32 Å². The molecule has 1 N–H and O–H groups in total. The fraction of sp³-hybridized carbons (Fsp3) is 0.222. The van der Waals surface area contributed by atoms with Crippen LogP contribution in [-0.4, -0.2) is 27.2 Å². The van der Waals surface area contributed by atoms with Crippen LogP contribution in [0.3, 0.4) is 0 Å². The largest absolute Gasteiger partial charge is 0.333 e. The van der Waals surface area contributed by atoms with E-state index in [9.17, 15) is 13.2 Å². The number of hydrogen-bond acceptors (Lipinski definition) is 3. The molecule has 5 nitrogen and oxygen atoms in total. The zero-order valence-electron chi connectivity index (χ0n) is 8.10. The lowest BCUT2D eigenvalue weighted by Gasteiger charge is -2.28. The molecular weight excluding hydrogens is 216 g/mol. The van der Waals surface area contributed by atoms with E-state index >= 15 is 0 Å². The van der Waals surface area contributed by atoms with Crippen molar-refractivity contribution in [3.8, 4) is 0 Å². The van der Waals surface area contributed by atoms with Crippen LogP contribution in [0.4, 0.5) is 5.69 Å². The number of carbonyl (C=O) groups excluding carboxylic acids is 1. The molecule has 1 aliphatic heterocycles. The summed E-state index contributed by atoms with van der Waals surface area (Å²) in [5, 5.41) is 2.50. The van der Waals surface area contributed by atoms with Gasteiger partial charge in [-0.3, -0.25) is 9.10 Å². The van der Waals surface area contributed by atoms with Gasteiger partial charge in [0.1, 0.15) is 6.67 Å². The average Bonchev–Trinajstić information content (AvgIpc) is 2.17. The van der Waals surface area contributed by atoms with Crippen molar-refractivity contribution in [3.63, 3.8) is 0 Å². The highest BCUT2D eigenvalue weighted by atomic mass is 32.2. The summed E-state index contributed by atoms with van der Waals surface area (Å²) in [6, 6.07) is 6.62. The fourth-order valence-electron chi connectivity index (χ4n) is 1.50. The van der Waals surface area contributed by atoms with E-state index in [4.69, 9.17) is 0 Å². The molecule has 0 unspecified atom stereocenters. The van der Waals surface area contributed by atoms with E-state index in [1.165, 1.54) is 4.31 Å². The highest BCUT2D eigenvalue weighted by molar-refractivity contribution is 7.92. The summed E-state index contributed by atoms with van der Waals surface area (Å²) >= 11 is 0. The Morgan fingerprint density at radius 1 is 1.33 bits per heavy atom. The third-order valence-electron chi connectivity index (χ3n) is 2.20. The maximum Gasteiger partial charge on any atom is 0.254 e. The smallest absolute Gasteiger partial charge is 0.254 e. The molecule has 1 aliphatic rings. The number of anilines is 1. The lowest BCUT2D eigenvalue weighted by molar-refractivity contribution is 0.0950. The number of hydrogen-bond donors (Lipinski definition) is 1. The third-order valence-corrected chi connectivity index (χ3v) is 3.33. The summed E-state index contributed by atoms with van der Waals surface area (Å²) in [6.45, 7) is -0.00528. The number of benzene rings is 1. The topological polar surface area (TPSA) is 66.5 Å². The van der Waals surface area contributed by atoms with Gasteiger partial charge in [0.05, 0.1) is 17.5 Å². The van der Waals surface area contributed by atoms with E-state index in [0.29, 0.717) is 11.3 Å². The molecule has 0 aliphatic carbocycles. The molecule has 80 valence electrons. The first-order valence-corrected chi connectivity index (χ1v) is 6.20. The summed E-state index contributed by atoms with van der Waals surface area (Å²) in [5.74, 6) is -0.245. The maximum absolute atomic E-state index is 11.4. The van der Waals surface area contributed by atoms with Crippen LogP contribution in [0.15, 0.2) is 24.3 Å². The monoisotopic (exact) mass is 226 g/mol. The Bertz CT molecular complexity index is 510. The summed E-state index contributed by atoms with van der Waals surface area (Å²) in [4.78, 5) is 11.4. The van der Waals surface area contributed by atoms with E-state index in [1.54, 1.807) is 24.3 Å². The van der Waals surface area contributed by atoms with E-state index in [2.05, 4.69) is 5.32 Å². The van der Waals surface area contributed by atoms with Crippen LogP contribution in [0.2, 0.25) is 0 Å². The second-order valence-corrected chi connectivity index (χ2v) is 5.20. The van der Waals surface area contributed by atoms with Gasteiger partial charge in [-0.1, -0.05) is 12.1 Å².